The van der Waals surface area contributed by atoms with Gasteiger partial charge in [0.15, 0.2) is 11.3 Å². The van der Waals surface area contributed by atoms with Crippen molar-refractivity contribution in [3.05, 3.63) is 45.8 Å². The summed E-state index contributed by atoms with van der Waals surface area (Å²) in [6, 6.07) is 5.02. The van der Waals surface area contributed by atoms with Crippen LogP contribution in [0.15, 0.2) is 33.7 Å². The van der Waals surface area contributed by atoms with E-state index in [4.69, 9.17) is 9.15 Å². The molecule has 2 atom stereocenters. The van der Waals surface area contributed by atoms with Gasteiger partial charge in [-0.15, -0.1) is 0 Å². The van der Waals surface area contributed by atoms with Crippen LogP contribution < -0.4 is 5.43 Å². The van der Waals surface area contributed by atoms with Gasteiger partial charge in [-0.25, -0.2) is 0 Å². The molecular weight excluding hydrogens is 434 g/mol. The number of amides is 2. The second-order valence-electron chi connectivity index (χ2n) is 10.0. The van der Waals surface area contributed by atoms with Gasteiger partial charge in [0, 0.05) is 11.6 Å². The van der Waals surface area contributed by atoms with Crippen molar-refractivity contribution in [1.29, 1.82) is 0 Å². The SMILES string of the molecule is Cc1ccc2occ([C@H]3C(=O)N(C4CCCCC4)C(=O)[C@@H]3C(=O)OC3CCCCC3)c(=O)c2c1. The lowest BCUT2D eigenvalue weighted by molar-refractivity contribution is -0.159. The highest BCUT2D eigenvalue weighted by atomic mass is 16.5. The topological polar surface area (TPSA) is 93.9 Å². The summed E-state index contributed by atoms with van der Waals surface area (Å²) >= 11 is 0. The number of aryl methyl sites for hydroxylation is 1. The molecule has 34 heavy (non-hydrogen) atoms. The van der Waals surface area contributed by atoms with Crippen LogP contribution in [0.4, 0.5) is 0 Å². The third-order valence-corrected chi connectivity index (χ3v) is 7.66. The molecule has 0 N–H and O–H groups in total. The molecular formula is C27H31NO6. The Bertz CT molecular complexity index is 1170. The van der Waals surface area contributed by atoms with Gasteiger partial charge in [0.05, 0.1) is 17.6 Å². The van der Waals surface area contributed by atoms with Crippen LogP contribution >= 0.6 is 0 Å². The monoisotopic (exact) mass is 465 g/mol. The molecule has 3 fully saturated rings. The van der Waals surface area contributed by atoms with Gasteiger partial charge in [0.2, 0.25) is 11.8 Å². The van der Waals surface area contributed by atoms with Gasteiger partial charge in [-0.05, 0) is 57.6 Å². The van der Waals surface area contributed by atoms with Crippen molar-refractivity contribution in [3.63, 3.8) is 0 Å². The fraction of sp³-hybridized carbons (Fsp3) is 0.556. The number of hydrogen-bond donors (Lipinski definition) is 0. The first-order chi connectivity index (χ1) is 16.5. The van der Waals surface area contributed by atoms with E-state index in [0.717, 1.165) is 69.8 Å². The van der Waals surface area contributed by atoms with Gasteiger partial charge >= 0.3 is 5.97 Å². The molecule has 1 saturated heterocycles. The molecule has 0 radical (unpaired) electrons. The Morgan fingerprint density at radius 1 is 0.941 bits per heavy atom. The molecule has 2 amide bonds. The Balaban J connectivity index is 1.55. The summed E-state index contributed by atoms with van der Waals surface area (Å²) < 4.78 is 11.5. The van der Waals surface area contributed by atoms with Gasteiger partial charge < -0.3 is 9.15 Å². The summed E-state index contributed by atoms with van der Waals surface area (Å²) in [5, 5.41) is 0.341. The zero-order valence-electron chi connectivity index (χ0n) is 19.6. The fourth-order valence-electron chi connectivity index (χ4n) is 5.84. The van der Waals surface area contributed by atoms with Crippen molar-refractivity contribution in [1.82, 2.24) is 4.90 Å². The molecule has 2 heterocycles. The second-order valence-corrected chi connectivity index (χ2v) is 10.0. The molecule has 2 aromatic rings. The fourth-order valence-corrected chi connectivity index (χ4v) is 5.84. The summed E-state index contributed by atoms with van der Waals surface area (Å²) in [6.07, 6.45) is 9.94. The van der Waals surface area contributed by atoms with E-state index in [0.29, 0.717) is 11.0 Å². The highest BCUT2D eigenvalue weighted by Gasteiger charge is 2.56. The number of ether oxygens (including phenoxy) is 1. The second kappa shape index (κ2) is 9.35. The average molecular weight is 466 g/mol. The van der Waals surface area contributed by atoms with E-state index < -0.39 is 29.6 Å². The Labute approximate surface area is 198 Å². The van der Waals surface area contributed by atoms with E-state index in [9.17, 15) is 19.2 Å². The van der Waals surface area contributed by atoms with Crippen molar-refractivity contribution in [2.24, 2.45) is 5.92 Å². The zero-order chi connectivity index (χ0) is 23.8. The van der Waals surface area contributed by atoms with Crippen molar-refractivity contribution in [2.75, 3.05) is 0 Å². The third kappa shape index (κ3) is 4.05. The first-order valence-electron chi connectivity index (χ1n) is 12.5. The number of nitrogens with zero attached hydrogens (tertiary/aromatic N) is 1. The normalized spacial score (nSPS) is 24.7. The minimum atomic E-state index is -1.35. The number of rotatable bonds is 4. The molecule has 1 aromatic carbocycles. The molecule has 3 aliphatic rings. The van der Waals surface area contributed by atoms with Crippen LogP contribution in [0, 0.1) is 12.8 Å². The first-order valence-corrected chi connectivity index (χ1v) is 12.5. The van der Waals surface area contributed by atoms with Gasteiger partial charge in [0.1, 0.15) is 11.7 Å². The summed E-state index contributed by atoms with van der Waals surface area (Å²) in [4.78, 5) is 55.4. The summed E-state index contributed by atoms with van der Waals surface area (Å²) in [5.74, 6) is -4.28. The summed E-state index contributed by atoms with van der Waals surface area (Å²) in [5.41, 5.74) is 0.960. The van der Waals surface area contributed by atoms with Crippen LogP contribution in [-0.4, -0.2) is 34.8 Å². The predicted octanol–water partition coefficient (Wildman–Crippen LogP) is 4.38. The molecule has 0 bridgehead atoms. The first kappa shape index (κ1) is 22.8. The lowest BCUT2D eigenvalue weighted by Crippen LogP contribution is -2.42. The maximum absolute atomic E-state index is 13.7. The van der Waals surface area contributed by atoms with E-state index >= 15 is 0 Å². The molecule has 2 saturated carbocycles. The highest BCUT2D eigenvalue weighted by molar-refractivity contribution is 6.16. The van der Waals surface area contributed by atoms with E-state index in [-0.39, 0.29) is 23.1 Å². The quantitative estimate of drug-likeness (QED) is 0.378. The molecule has 7 heteroatoms. The Hall–Kier alpha value is -2.96. The number of fused-ring (bicyclic) bond motifs is 1. The van der Waals surface area contributed by atoms with Crippen LogP contribution in [0.25, 0.3) is 11.0 Å². The van der Waals surface area contributed by atoms with E-state index in [1.54, 1.807) is 12.1 Å². The van der Waals surface area contributed by atoms with Crippen LogP contribution in [0.2, 0.25) is 0 Å². The van der Waals surface area contributed by atoms with Crippen LogP contribution in [0.1, 0.15) is 81.3 Å². The minimum Gasteiger partial charge on any atom is -0.464 e. The van der Waals surface area contributed by atoms with Crippen molar-refractivity contribution in [3.8, 4) is 0 Å². The largest absolute Gasteiger partial charge is 0.464 e. The van der Waals surface area contributed by atoms with Gasteiger partial charge in [-0.3, -0.25) is 24.1 Å². The third-order valence-electron chi connectivity index (χ3n) is 7.66. The number of likely N-dealkylation sites (tertiary alicyclic amines) is 1. The molecule has 1 aromatic heterocycles. The van der Waals surface area contributed by atoms with Gasteiger partial charge in [0.25, 0.3) is 0 Å². The number of hydrogen-bond acceptors (Lipinski definition) is 6. The molecule has 2 aliphatic carbocycles. The Morgan fingerprint density at radius 2 is 1.62 bits per heavy atom. The number of benzene rings is 1. The van der Waals surface area contributed by atoms with Crippen molar-refractivity contribution in [2.45, 2.75) is 89.2 Å². The Kier molecular flexibility index (Phi) is 6.28. The predicted molar refractivity (Wildman–Crippen MR) is 125 cm³/mol. The lowest BCUT2D eigenvalue weighted by Gasteiger charge is -2.29. The number of carbonyl (C=O) groups excluding carboxylic acids is 3. The molecule has 180 valence electrons. The maximum atomic E-state index is 13.7. The van der Waals surface area contributed by atoms with Gasteiger partial charge in [-0.1, -0.05) is 37.3 Å². The van der Waals surface area contributed by atoms with E-state index in [1.165, 1.54) is 11.2 Å². The number of imide groups is 1. The van der Waals surface area contributed by atoms with Crippen molar-refractivity contribution >= 4 is 28.8 Å². The highest BCUT2D eigenvalue weighted by Crippen LogP contribution is 2.39. The molecule has 7 nitrogen and oxygen atoms in total. The minimum absolute atomic E-state index is 0.0559. The number of esters is 1. The van der Waals surface area contributed by atoms with E-state index in [2.05, 4.69) is 0 Å². The molecule has 0 unspecified atom stereocenters. The molecule has 5 rings (SSSR count). The smallest absolute Gasteiger partial charge is 0.319 e. The lowest BCUT2D eigenvalue weighted by atomic mass is 9.88. The van der Waals surface area contributed by atoms with E-state index in [1.807, 2.05) is 13.0 Å². The van der Waals surface area contributed by atoms with Crippen molar-refractivity contribution < 1.29 is 23.5 Å². The zero-order valence-corrected chi connectivity index (χ0v) is 19.6. The maximum Gasteiger partial charge on any atom is 0.319 e. The van der Waals surface area contributed by atoms with Crippen LogP contribution in [0.3, 0.4) is 0 Å². The van der Waals surface area contributed by atoms with Crippen LogP contribution in [0.5, 0.6) is 0 Å². The summed E-state index contributed by atoms with van der Waals surface area (Å²) in [6.45, 7) is 1.87. The molecule has 0 spiro atoms. The standard InChI is InChI=1S/C27H31NO6/c1-16-12-13-21-19(14-16)24(29)20(15-33-21)22-23(27(32)34-18-10-6-3-7-11-18)26(31)28(25(22)30)17-8-4-2-5-9-17/h12-15,17-18,22-23H,2-11H2,1H3/t22-,23-/m1/s1. The Morgan fingerprint density at radius 3 is 2.32 bits per heavy atom. The van der Waals surface area contributed by atoms with Crippen LogP contribution in [-0.2, 0) is 19.1 Å². The van der Waals surface area contributed by atoms with Gasteiger partial charge in [-0.2, -0.15) is 0 Å². The average Bonchev–Trinajstić information content (AvgIpc) is 3.10. The summed E-state index contributed by atoms with van der Waals surface area (Å²) in [7, 11) is 0. The number of carbonyl (C=O) groups is 3. The molecule has 1 aliphatic heterocycles.